The number of imidazole rings is 1. The van der Waals surface area contributed by atoms with E-state index in [0.29, 0.717) is 11.3 Å². The Hall–Kier alpha value is -3.02. The summed E-state index contributed by atoms with van der Waals surface area (Å²) in [5.41, 5.74) is 5.44. The van der Waals surface area contributed by atoms with Crippen LogP contribution in [0.5, 0.6) is 0 Å². The molecule has 0 aliphatic carbocycles. The molecule has 0 aliphatic rings. The van der Waals surface area contributed by atoms with Crippen molar-refractivity contribution in [2.75, 3.05) is 0 Å². The van der Waals surface area contributed by atoms with Gasteiger partial charge in [0.1, 0.15) is 5.69 Å². The van der Waals surface area contributed by atoms with Gasteiger partial charge in [-0.1, -0.05) is 29.8 Å². The number of aromatic nitrogens is 3. The van der Waals surface area contributed by atoms with Crippen LogP contribution in [-0.2, 0) is 0 Å². The first-order valence-electron chi connectivity index (χ1n) is 6.41. The van der Waals surface area contributed by atoms with Crippen molar-refractivity contribution in [1.29, 1.82) is 0 Å². The Balaban J connectivity index is 1.71. The minimum Gasteiger partial charge on any atom is -0.303 e. The van der Waals surface area contributed by atoms with Crippen LogP contribution < -0.4 is 5.43 Å². The number of amides is 1. The van der Waals surface area contributed by atoms with E-state index >= 15 is 0 Å². The molecule has 0 spiro atoms. The first kappa shape index (κ1) is 13.0. The summed E-state index contributed by atoms with van der Waals surface area (Å²) in [5, 5.41) is 3.94. The highest BCUT2D eigenvalue weighted by atomic mass is 16.2. The second kappa shape index (κ2) is 5.54. The zero-order valence-corrected chi connectivity index (χ0v) is 11.4. The maximum Gasteiger partial charge on any atom is 0.291 e. The Bertz CT molecular complexity index is 789. The summed E-state index contributed by atoms with van der Waals surface area (Å²) in [4.78, 5) is 20.1. The lowest BCUT2D eigenvalue weighted by Gasteiger charge is -1.96. The van der Waals surface area contributed by atoms with Gasteiger partial charge in [0, 0.05) is 18.6 Å². The summed E-state index contributed by atoms with van der Waals surface area (Å²) in [6.45, 7) is 2.00. The van der Waals surface area contributed by atoms with E-state index in [0.717, 1.165) is 11.1 Å². The molecular weight excluding hydrogens is 266 g/mol. The maximum absolute atomic E-state index is 12.0. The monoisotopic (exact) mass is 279 g/mol. The van der Waals surface area contributed by atoms with Crippen molar-refractivity contribution in [2.24, 2.45) is 5.10 Å². The molecule has 0 saturated carbocycles. The highest BCUT2D eigenvalue weighted by Gasteiger charge is 2.09. The van der Waals surface area contributed by atoms with E-state index < -0.39 is 0 Å². The third-order valence-corrected chi connectivity index (χ3v) is 2.92. The van der Waals surface area contributed by atoms with Crippen LogP contribution in [0.1, 0.15) is 21.6 Å². The number of nitrogens with one attached hydrogen (secondary N) is 1. The lowest BCUT2D eigenvalue weighted by Crippen LogP contribution is -2.17. The number of hydrogen-bond donors (Lipinski definition) is 1. The molecule has 1 amide bonds. The standard InChI is InChI=1S/C15H13N5O/c1-11-3-2-4-12(7-11)8-17-19-15(21)13-10-20-6-5-16-9-14(20)18-13/h2-10H,1H3,(H,19,21)/b17-8+. The molecule has 0 unspecified atom stereocenters. The summed E-state index contributed by atoms with van der Waals surface area (Å²) in [6.07, 6.45) is 8.19. The fourth-order valence-electron chi connectivity index (χ4n) is 1.93. The molecule has 3 rings (SSSR count). The van der Waals surface area contributed by atoms with E-state index in [9.17, 15) is 4.79 Å². The summed E-state index contributed by atoms with van der Waals surface area (Å²) in [5.74, 6) is -0.359. The van der Waals surface area contributed by atoms with Crippen molar-refractivity contribution in [3.8, 4) is 0 Å². The topological polar surface area (TPSA) is 71.7 Å². The molecular formula is C15H13N5O. The number of aryl methyl sites for hydroxylation is 1. The Morgan fingerprint density at radius 1 is 1.43 bits per heavy atom. The highest BCUT2D eigenvalue weighted by Crippen LogP contribution is 2.03. The van der Waals surface area contributed by atoms with Gasteiger partial charge in [0.2, 0.25) is 0 Å². The van der Waals surface area contributed by atoms with E-state index in [1.165, 1.54) is 0 Å². The molecule has 0 fully saturated rings. The Morgan fingerprint density at radius 3 is 3.14 bits per heavy atom. The third kappa shape index (κ3) is 2.94. The zero-order valence-electron chi connectivity index (χ0n) is 11.4. The lowest BCUT2D eigenvalue weighted by molar-refractivity contribution is 0.0951. The average Bonchev–Trinajstić information content (AvgIpc) is 2.91. The van der Waals surface area contributed by atoms with Gasteiger partial charge in [0.15, 0.2) is 5.65 Å². The van der Waals surface area contributed by atoms with Gasteiger partial charge in [-0.3, -0.25) is 9.78 Å². The minimum absolute atomic E-state index is 0.296. The quantitative estimate of drug-likeness (QED) is 0.587. The van der Waals surface area contributed by atoms with Crippen LogP contribution in [0, 0.1) is 6.92 Å². The van der Waals surface area contributed by atoms with Crippen LogP contribution in [0.3, 0.4) is 0 Å². The Morgan fingerprint density at radius 2 is 2.33 bits per heavy atom. The lowest BCUT2D eigenvalue weighted by atomic mass is 10.2. The van der Waals surface area contributed by atoms with Crippen molar-refractivity contribution >= 4 is 17.8 Å². The molecule has 104 valence electrons. The zero-order chi connectivity index (χ0) is 14.7. The minimum atomic E-state index is -0.359. The predicted octanol–water partition coefficient (Wildman–Crippen LogP) is 1.80. The van der Waals surface area contributed by atoms with Crippen molar-refractivity contribution in [2.45, 2.75) is 6.92 Å². The van der Waals surface area contributed by atoms with Gasteiger partial charge in [0.05, 0.1) is 12.4 Å². The van der Waals surface area contributed by atoms with E-state index in [1.54, 1.807) is 35.4 Å². The number of benzene rings is 1. The number of carbonyl (C=O) groups excluding carboxylic acids is 1. The van der Waals surface area contributed by atoms with Crippen molar-refractivity contribution < 1.29 is 4.79 Å². The van der Waals surface area contributed by atoms with Gasteiger partial charge >= 0.3 is 0 Å². The molecule has 0 bridgehead atoms. The smallest absolute Gasteiger partial charge is 0.291 e. The molecule has 0 aliphatic heterocycles. The van der Waals surface area contributed by atoms with E-state index in [4.69, 9.17) is 0 Å². The summed E-state index contributed by atoms with van der Waals surface area (Å²) < 4.78 is 1.73. The van der Waals surface area contributed by atoms with Gasteiger partial charge in [-0.15, -0.1) is 0 Å². The number of hydrazone groups is 1. The fraction of sp³-hybridized carbons (Fsp3) is 0.0667. The number of nitrogens with zero attached hydrogens (tertiary/aromatic N) is 4. The molecule has 6 heteroatoms. The molecule has 0 radical (unpaired) electrons. The summed E-state index contributed by atoms with van der Waals surface area (Å²) in [6, 6.07) is 7.83. The van der Waals surface area contributed by atoms with Gasteiger partial charge in [0.25, 0.3) is 5.91 Å². The van der Waals surface area contributed by atoms with Gasteiger partial charge in [-0.25, -0.2) is 10.4 Å². The van der Waals surface area contributed by atoms with E-state index in [2.05, 4.69) is 20.5 Å². The van der Waals surface area contributed by atoms with Crippen LogP contribution in [0.15, 0.2) is 54.2 Å². The highest BCUT2D eigenvalue weighted by molar-refractivity contribution is 5.93. The molecule has 6 nitrogen and oxygen atoms in total. The first-order valence-corrected chi connectivity index (χ1v) is 6.41. The van der Waals surface area contributed by atoms with Crippen LogP contribution in [0.25, 0.3) is 5.65 Å². The van der Waals surface area contributed by atoms with E-state index in [1.807, 2.05) is 31.2 Å². The summed E-state index contributed by atoms with van der Waals surface area (Å²) in [7, 11) is 0. The van der Waals surface area contributed by atoms with Crippen molar-refractivity contribution in [1.82, 2.24) is 19.8 Å². The molecule has 0 atom stereocenters. The number of carbonyl (C=O) groups is 1. The number of fused-ring (bicyclic) bond motifs is 1. The molecule has 3 aromatic rings. The predicted molar refractivity (Wildman–Crippen MR) is 79.2 cm³/mol. The van der Waals surface area contributed by atoms with Crippen LogP contribution >= 0.6 is 0 Å². The molecule has 2 heterocycles. The van der Waals surface area contributed by atoms with Gasteiger partial charge in [-0.2, -0.15) is 5.10 Å². The molecule has 21 heavy (non-hydrogen) atoms. The molecule has 2 aromatic heterocycles. The van der Waals surface area contributed by atoms with E-state index in [-0.39, 0.29) is 5.91 Å². The largest absolute Gasteiger partial charge is 0.303 e. The third-order valence-electron chi connectivity index (χ3n) is 2.92. The maximum atomic E-state index is 12.0. The second-order valence-corrected chi connectivity index (χ2v) is 4.58. The Labute approximate surface area is 121 Å². The van der Waals surface area contributed by atoms with Crippen molar-refractivity contribution in [3.05, 3.63) is 65.9 Å². The normalized spacial score (nSPS) is 11.1. The van der Waals surface area contributed by atoms with Crippen LogP contribution in [-0.4, -0.2) is 26.5 Å². The Kier molecular flexibility index (Phi) is 3.42. The SMILES string of the molecule is Cc1cccc(/C=N/NC(=O)c2cn3ccncc3n2)c1. The van der Waals surface area contributed by atoms with Crippen LogP contribution in [0.2, 0.25) is 0 Å². The second-order valence-electron chi connectivity index (χ2n) is 4.58. The van der Waals surface area contributed by atoms with Crippen molar-refractivity contribution in [3.63, 3.8) is 0 Å². The van der Waals surface area contributed by atoms with Gasteiger partial charge in [-0.05, 0) is 12.5 Å². The molecule has 0 saturated heterocycles. The molecule has 1 N–H and O–H groups in total. The average molecular weight is 279 g/mol. The fourth-order valence-corrected chi connectivity index (χ4v) is 1.93. The number of hydrogen-bond acceptors (Lipinski definition) is 4. The van der Waals surface area contributed by atoms with Crippen LogP contribution in [0.4, 0.5) is 0 Å². The molecule has 1 aromatic carbocycles. The summed E-state index contributed by atoms with van der Waals surface area (Å²) >= 11 is 0. The number of rotatable bonds is 3. The first-order chi connectivity index (χ1) is 10.2. The van der Waals surface area contributed by atoms with Gasteiger partial charge < -0.3 is 4.40 Å².